The fourth-order valence-electron chi connectivity index (χ4n) is 3.42. The summed E-state index contributed by atoms with van der Waals surface area (Å²) in [5, 5.41) is 3.63. The average Bonchev–Trinajstić information content (AvgIpc) is 3.41. The van der Waals surface area contributed by atoms with E-state index in [1.54, 1.807) is 34.7 Å². The minimum atomic E-state index is -3.61. The van der Waals surface area contributed by atoms with Crippen molar-refractivity contribution in [3.63, 3.8) is 0 Å². The number of imidazole rings is 1. The average molecular weight is 404 g/mol. The van der Waals surface area contributed by atoms with E-state index in [2.05, 4.69) is 27.4 Å². The van der Waals surface area contributed by atoms with Crippen LogP contribution in [0, 0.1) is 0 Å². The Labute approximate surface area is 162 Å². The topological polar surface area (TPSA) is 80.1 Å². The number of sulfonamides is 1. The van der Waals surface area contributed by atoms with Crippen molar-refractivity contribution in [1.29, 1.82) is 0 Å². The summed E-state index contributed by atoms with van der Waals surface area (Å²) in [6.07, 6.45) is 4.90. The fourth-order valence-corrected chi connectivity index (χ4v) is 5.43. The first-order valence-electron chi connectivity index (χ1n) is 8.68. The third-order valence-electron chi connectivity index (χ3n) is 4.82. The van der Waals surface area contributed by atoms with E-state index in [1.165, 1.54) is 10.6 Å². The molecule has 2 atom stereocenters. The van der Waals surface area contributed by atoms with Crippen molar-refractivity contribution in [2.45, 2.75) is 23.5 Å². The zero-order chi connectivity index (χ0) is 18.9. The van der Waals surface area contributed by atoms with Crippen LogP contribution in [0.15, 0.2) is 59.6 Å². The van der Waals surface area contributed by atoms with Crippen molar-refractivity contribution in [3.05, 3.63) is 65.0 Å². The molecule has 0 spiro atoms. The Morgan fingerprint density at radius 2 is 2.07 bits per heavy atom. The first-order chi connectivity index (χ1) is 13.0. The van der Waals surface area contributed by atoms with Gasteiger partial charge in [0.2, 0.25) is 0 Å². The van der Waals surface area contributed by atoms with Crippen LogP contribution in [0.4, 0.5) is 0 Å². The summed E-state index contributed by atoms with van der Waals surface area (Å²) in [5.74, 6) is 0.0811. The second-order valence-corrected chi connectivity index (χ2v) is 9.53. The quantitative estimate of drug-likeness (QED) is 0.679. The maximum Gasteiger partial charge on any atom is 0.262 e. The molecule has 9 heteroatoms. The van der Waals surface area contributed by atoms with Gasteiger partial charge in [0, 0.05) is 55.9 Å². The van der Waals surface area contributed by atoms with E-state index < -0.39 is 10.0 Å². The third-order valence-corrected chi connectivity index (χ3v) is 7.32. The van der Waals surface area contributed by atoms with Crippen molar-refractivity contribution in [2.75, 3.05) is 13.1 Å². The van der Waals surface area contributed by atoms with E-state index in [0.29, 0.717) is 19.6 Å². The molecule has 0 aliphatic carbocycles. The standard InChI is InChI=1S/C18H21N5O2S2/c1-22-11-18(21-12-22)27(24,25)23-9-16(14-5-3-2-4-6-14)17(10-23)20-8-15-7-19-13-26-15/h2-7,11-13,16-17,20H,8-10H2,1H3. The molecule has 3 heterocycles. The van der Waals surface area contributed by atoms with E-state index in [4.69, 9.17) is 0 Å². The summed E-state index contributed by atoms with van der Waals surface area (Å²) < 4.78 is 29.2. The van der Waals surface area contributed by atoms with Crippen LogP contribution in [0.3, 0.4) is 0 Å². The lowest BCUT2D eigenvalue weighted by molar-refractivity contribution is 0.454. The van der Waals surface area contributed by atoms with Crippen molar-refractivity contribution >= 4 is 21.4 Å². The predicted molar refractivity (Wildman–Crippen MR) is 104 cm³/mol. The molecule has 0 saturated carbocycles. The molecule has 0 amide bonds. The lowest BCUT2D eigenvalue weighted by atomic mass is 9.94. The van der Waals surface area contributed by atoms with E-state index in [1.807, 2.05) is 24.4 Å². The molecule has 1 aliphatic rings. The predicted octanol–water partition coefficient (Wildman–Crippen LogP) is 1.82. The van der Waals surface area contributed by atoms with Crippen molar-refractivity contribution < 1.29 is 8.42 Å². The molecule has 1 aromatic carbocycles. The maximum atomic E-state index is 13.0. The van der Waals surface area contributed by atoms with Crippen molar-refractivity contribution in [3.8, 4) is 0 Å². The van der Waals surface area contributed by atoms with Gasteiger partial charge in [0.25, 0.3) is 10.0 Å². The number of hydrogen-bond acceptors (Lipinski definition) is 6. The summed E-state index contributed by atoms with van der Waals surface area (Å²) in [6, 6.07) is 10.1. The minimum absolute atomic E-state index is 0.0213. The molecule has 2 unspecified atom stereocenters. The smallest absolute Gasteiger partial charge is 0.262 e. The first-order valence-corrected chi connectivity index (χ1v) is 11.0. The number of nitrogens with one attached hydrogen (secondary N) is 1. The maximum absolute atomic E-state index is 13.0. The largest absolute Gasteiger partial charge is 0.339 e. The Balaban J connectivity index is 1.58. The van der Waals surface area contributed by atoms with E-state index >= 15 is 0 Å². The van der Waals surface area contributed by atoms with Crippen molar-refractivity contribution in [1.82, 2.24) is 24.2 Å². The molecule has 1 saturated heterocycles. The molecule has 1 N–H and O–H groups in total. The Kier molecular flexibility index (Phi) is 5.09. The van der Waals surface area contributed by atoms with Crippen LogP contribution in [-0.4, -0.2) is 46.4 Å². The summed E-state index contributed by atoms with van der Waals surface area (Å²) in [6.45, 7) is 1.52. The van der Waals surface area contributed by atoms with E-state index in [-0.39, 0.29) is 17.0 Å². The number of thiazole rings is 1. The Morgan fingerprint density at radius 1 is 1.26 bits per heavy atom. The number of benzene rings is 1. The second kappa shape index (κ2) is 7.51. The molecule has 1 aliphatic heterocycles. The van der Waals surface area contributed by atoms with Gasteiger partial charge < -0.3 is 9.88 Å². The molecule has 1 fully saturated rings. The van der Waals surface area contributed by atoms with Gasteiger partial charge in [0.15, 0.2) is 5.03 Å². The first kappa shape index (κ1) is 18.3. The highest BCUT2D eigenvalue weighted by atomic mass is 32.2. The lowest BCUT2D eigenvalue weighted by Crippen LogP contribution is -2.36. The summed E-state index contributed by atoms with van der Waals surface area (Å²) in [4.78, 5) is 9.28. The molecule has 27 heavy (non-hydrogen) atoms. The van der Waals surface area contributed by atoms with Crippen LogP contribution in [0.2, 0.25) is 0 Å². The SMILES string of the molecule is Cn1cnc(S(=O)(=O)N2CC(NCc3cncs3)C(c3ccccc3)C2)c1. The molecule has 7 nitrogen and oxygen atoms in total. The zero-order valence-corrected chi connectivity index (χ0v) is 16.5. The summed E-state index contributed by atoms with van der Waals surface area (Å²) in [5.41, 5.74) is 2.94. The van der Waals surface area contributed by atoms with Crippen molar-refractivity contribution in [2.24, 2.45) is 7.05 Å². The summed E-state index contributed by atoms with van der Waals surface area (Å²) in [7, 11) is -1.85. The Bertz CT molecular complexity index is 986. The minimum Gasteiger partial charge on any atom is -0.339 e. The molecule has 4 rings (SSSR count). The van der Waals surface area contributed by atoms with Crippen LogP contribution in [0.25, 0.3) is 0 Å². The number of aryl methyl sites for hydroxylation is 1. The van der Waals surface area contributed by atoms with Crippen LogP contribution < -0.4 is 5.32 Å². The molecule has 0 bridgehead atoms. The highest BCUT2D eigenvalue weighted by molar-refractivity contribution is 7.89. The molecular formula is C18H21N5O2S2. The Hall–Kier alpha value is -2.07. The van der Waals surface area contributed by atoms with Gasteiger partial charge in [-0.2, -0.15) is 4.31 Å². The molecular weight excluding hydrogens is 382 g/mol. The van der Waals surface area contributed by atoms with Gasteiger partial charge >= 0.3 is 0 Å². The summed E-state index contributed by atoms with van der Waals surface area (Å²) >= 11 is 1.59. The Morgan fingerprint density at radius 3 is 2.74 bits per heavy atom. The van der Waals surface area contributed by atoms with Gasteiger partial charge in [-0.3, -0.25) is 4.98 Å². The van der Waals surface area contributed by atoms with Gasteiger partial charge in [0.05, 0.1) is 11.8 Å². The molecule has 142 valence electrons. The van der Waals surface area contributed by atoms with Gasteiger partial charge in [-0.15, -0.1) is 11.3 Å². The van der Waals surface area contributed by atoms with Gasteiger partial charge in [-0.25, -0.2) is 13.4 Å². The van der Waals surface area contributed by atoms with Crippen LogP contribution in [0.1, 0.15) is 16.4 Å². The van der Waals surface area contributed by atoms with Gasteiger partial charge in [-0.05, 0) is 5.56 Å². The third kappa shape index (κ3) is 3.81. The lowest BCUT2D eigenvalue weighted by Gasteiger charge is -2.19. The van der Waals surface area contributed by atoms with Gasteiger partial charge in [-0.1, -0.05) is 30.3 Å². The monoisotopic (exact) mass is 403 g/mol. The highest BCUT2D eigenvalue weighted by Gasteiger charge is 2.40. The van der Waals surface area contributed by atoms with E-state index in [0.717, 1.165) is 10.4 Å². The zero-order valence-electron chi connectivity index (χ0n) is 14.9. The molecule has 0 radical (unpaired) electrons. The van der Waals surface area contributed by atoms with Crippen LogP contribution >= 0.6 is 11.3 Å². The molecule has 2 aromatic heterocycles. The second-order valence-electron chi connectivity index (χ2n) is 6.67. The molecule has 3 aromatic rings. The fraction of sp³-hybridized carbons (Fsp3) is 0.333. The van der Waals surface area contributed by atoms with E-state index in [9.17, 15) is 8.42 Å². The van der Waals surface area contributed by atoms with Gasteiger partial charge in [0.1, 0.15) is 0 Å². The number of hydrogen-bond donors (Lipinski definition) is 1. The number of nitrogens with zero attached hydrogens (tertiary/aromatic N) is 4. The van der Waals surface area contributed by atoms with Crippen LogP contribution in [0.5, 0.6) is 0 Å². The van der Waals surface area contributed by atoms with Crippen LogP contribution in [-0.2, 0) is 23.6 Å². The number of rotatable bonds is 6. The number of aromatic nitrogens is 3. The highest BCUT2D eigenvalue weighted by Crippen LogP contribution is 2.31. The normalized spacial score (nSPS) is 20.9.